The van der Waals surface area contributed by atoms with Crippen molar-refractivity contribution in [3.05, 3.63) is 51.2 Å². The van der Waals surface area contributed by atoms with Gasteiger partial charge < -0.3 is 11.1 Å². The van der Waals surface area contributed by atoms with E-state index in [0.29, 0.717) is 4.88 Å². The molecule has 1 heterocycles. The van der Waals surface area contributed by atoms with E-state index in [9.17, 15) is 13.6 Å². The Balaban J connectivity index is 2.20. The summed E-state index contributed by atoms with van der Waals surface area (Å²) in [4.78, 5) is 13.2. The van der Waals surface area contributed by atoms with Gasteiger partial charge in [0.25, 0.3) is 5.91 Å². The highest BCUT2D eigenvalue weighted by Gasteiger charge is 2.12. The first kappa shape index (κ1) is 15.2. The Morgan fingerprint density at radius 2 is 1.95 bits per heavy atom. The Bertz CT molecular complexity index is 724. The van der Waals surface area contributed by atoms with Gasteiger partial charge >= 0.3 is 0 Å². The third kappa shape index (κ3) is 3.88. The van der Waals surface area contributed by atoms with Gasteiger partial charge in [-0.05, 0) is 30.7 Å². The minimum absolute atomic E-state index is 0.0677. The van der Waals surface area contributed by atoms with Crippen molar-refractivity contribution >= 4 is 22.9 Å². The van der Waals surface area contributed by atoms with Crippen LogP contribution >= 0.6 is 11.3 Å². The van der Waals surface area contributed by atoms with Crippen molar-refractivity contribution in [1.82, 2.24) is 0 Å². The monoisotopic (exact) mass is 306 g/mol. The van der Waals surface area contributed by atoms with Crippen molar-refractivity contribution in [1.29, 1.82) is 0 Å². The summed E-state index contributed by atoms with van der Waals surface area (Å²) in [5.74, 6) is 3.66. The summed E-state index contributed by atoms with van der Waals surface area (Å²) < 4.78 is 26.1. The van der Waals surface area contributed by atoms with Crippen LogP contribution in [0.3, 0.4) is 0 Å². The molecule has 1 aromatic carbocycles. The molecular formula is C15H12F2N2OS. The molecule has 0 aliphatic rings. The highest BCUT2D eigenvalue weighted by Crippen LogP contribution is 2.22. The number of hydrogen-bond acceptors (Lipinski definition) is 3. The average molecular weight is 306 g/mol. The molecule has 1 aromatic heterocycles. The van der Waals surface area contributed by atoms with Crippen molar-refractivity contribution < 1.29 is 13.6 Å². The standard InChI is InChI=1S/C15H12F2N2OS/c1-9-5-14(21-13(9)3-2-4-18)15(20)19-12-7-10(16)6-11(17)8-12/h5-8H,4,18H2,1H3,(H,19,20). The minimum Gasteiger partial charge on any atom is -0.321 e. The van der Waals surface area contributed by atoms with Crippen LogP contribution in [0.25, 0.3) is 0 Å². The number of thiophene rings is 1. The molecule has 0 fully saturated rings. The lowest BCUT2D eigenvalue weighted by Crippen LogP contribution is -2.10. The molecule has 0 aliphatic heterocycles. The Labute approximate surface area is 124 Å². The Morgan fingerprint density at radius 1 is 1.29 bits per heavy atom. The van der Waals surface area contributed by atoms with Crippen molar-refractivity contribution in [2.45, 2.75) is 6.92 Å². The third-order valence-corrected chi connectivity index (χ3v) is 3.72. The topological polar surface area (TPSA) is 55.1 Å². The lowest BCUT2D eigenvalue weighted by atomic mass is 10.2. The number of benzene rings is 1. The van der Waals surface area contributed by atoms with Gasteiger partial charge in [0.1, 0.15) is 11.6 Å². The van der Waals surface area contributed by atoms with Crippen LogP contribution in [0.4, 0.5) is 14.5 Å². The normalized spacial score (nSPS) is 9.90. The molecule has 3 N–H and O–H groups in total. The van der Waals surface area contributed by atoms with E-state index in [1.807, 2.05) is 6.92 Å². The lowest BCUT2D eigenvalue weighted by Gasteiger charge is -2.03. The average Bonchev–Trinajstić information content (AvgIpc) is 2.76. The second-order valence-corrected chi connectivity index (χ2v) is 5.29. The van der Waals surface area contributed by atoms with Crippen LogP contribution in [0, 0.1) is 30.4 Å². The number of amides is 1. The van der Waals surface area contributed by atoms with Crippen molar-refractivity contribution in [3.8, 4) is 11.8 Å². The van der Waals surface area contributed by atoms with E-state index in [2.05, 4.69) is 17.2 Å². The maximum atomic E-state index is 13.1. The molecule has 0 saturated heterocycles. The molecule has 3 nitrogen and oxygen atoms in total. The molecule has 0 unspecified atom stereocenters. The molecule has 0 radical (unpaired) electrons. The first-order valence-electron chi connectivity index (χ1n) is 6.06. The second kappa shape index (κ2) is 6.48. The van der Waals surface area contributed by atoms with Gasteiger partial charge in [0.2, 0.25) is 0 Å². The number of rotatable bonds is 2. The first-order valence-corrected chi connectivity index (χ1v) is 6.88. The number of anilines is 1. The van der Waals surface area contributed by atoms with Crippen LogP contribution in [-0.4, -0.2) is 12.5 Å². The molecule has 2 aromatic rings. The molecule has 0 aliphatic carbocycles. The second-order valence-electron chi connectivity index (χ2n) is 4.24. The summed E-state index contributed by atoms with van der Waals surface area (Å²) in [5.41, 5.74) is 6.23. The van der Waals surface area contributed by atoms with Gasteiger partial charge in [0.15, 0.2) is 0 Å². The first-order chi connectivity index (χ1) is 9.99. The zero-order valence-electron chi connectivity index (χ0n) is 11.2. The molecule has 1 amide bonds. The van der Waals surface area contributed by atoms with E-state index < -0.39 is 17.5 Å². The van der Waals surface area contributed by atoms with E-state index >= 15 is 0 Å². The summed E-state index contributed by atoms with van der Waals surface area (Å²) in [6.07, 6.45) is 0. The summed E-state index contributed by atoms with van der Waals surface area (Å²) in [5, 5.41) is 2.46. The molecule has 2 rings (SSSR count). The number of nitrogens with one attached hydrogen (secondary N) is 1. The molecule has 108 valence electrons. The fraction of sp³-hybridized carbons (Fsp3) is 0.133. The molecule has 0 bridgehead atoms. The number of carbonyl (C=O) groups excluding carboxylic acids is 1. The number of carbonyl (C=O) groups is 1. The number of halogens is 2. The molecule has 0 saturated carbocycles. The Morgan fingerprint density at radius 3 is 2.57 bits per heavy atom. The maximum absolute atomic E-state index is 13.1. The van der Waals surface area contributed by atoms with Crippen LogP contribution in [-0.2, 0) is 0 Å². The largest absolute Gasteiger partial charge is 0.321 e. The van der Waals surface area contributed by atoms with E-state index in [0.717, 1.165) is 28.6 Å². The molecule has 21 heavy (non-hydrogen) atoms. The predicted molar refractivity (Wildman–Crippen MR) is 79.3 cm³/mol. The lowest BCUT2D eigenvalue weighted by molar-refractivity contribution is 0.103. The van der Waals surface area contributed by atoms with E-state index in [1.54, 1.807) is 6.07 Å². The van der Waals surface area contributed by atoms with Crippen LogP contribution in [0.5, 0.6) is 0 Å². The third-order valence-electron chi connectivity index (χ3n) is 2.57. The smallest absolute Gasteiger partial charge is 0.265 e. The van der Waals surface area contributed by atoms with E-state index in [1.165, 1.54) is 11.3 Å². The van der Waals surface area contributed by atoms with Crippen LogP contribution in [0.1, 0.15) is 20.1 Å². The SMILES string of the molecule is Cc1cc(C(=O)Nc2cc(F)cc(F)c2)sc1C#CCN. The molecule has 0 atom stereocenters. The van der Waals surface area contributed by atoms with Crippen molar-refractivity contribution in [3.63, 3.8) is 0 Å². The summed E-state index contributed by atoms with van der Waals surface area (Å²) in [6, 6.07) is 4.52. The predicted octanol–water partition coefficient (Wildman–Crippen LogP) is 2.90. The van der Waals surface area contributed by atoms with Gasteiger partial charge in [-0.25, -0.2) is 8.78 Å². The zero-order chi connectivity index (χ0) is 15.4. The van der Waals surface area contributed by atoms with Gasteiger partial charge in [-0.15, -0.1) is 11.3 Å². The fourth-order valence-electron chi connectivity index (χ4n) is 1.67. The molecular weight excluding hydrogens is 294 g/mol. The van der Waals surface area contributed by atoms with E-state index in [-0.39, 0.29) is 12.2 Å². The fourth-order valence-corrected chi connectivity index (χ4v) is 2.61. The van der Waals surface area contributed by atoms with Gasteiger partial charge in [-0.2, -0.15) is 0 Å². The van der Waals surface area contributed by atoms with Crippen LogP contribution < -0.4 is 11.1 Å². The highest BCUT2D eigenvalue weighted by atomic mass is 32.1. The molecule has 0 spiro atoms. The van der Waals surface area contributed by atoms with Gasteiger partial charge in [0, 0.05) is 11.8 Å². The zero-order valence-corrected chi connectivity index (χ0v) is 12.0. The summed E-state index contributed by atoms with van der Waals surface area (Å²) >= 11 is 1.21. The summed E-state index contributed by atoms with van der Waals surface area (Å²) in [7, 11) is 0. The highest BCUT2D eigenvalue weighted by molar-refractivity contribution is 7.14. The minimum atomic E-state index is -0.748. The van der Waals surface area contributed by atoms with E-state index in [4.69, 9.17) is 5.73 Å². The van der Waals surface area contributed by atoms with Crippen molar-refractivity contribution in [2.75, 3.05) is 11.9 Å². The molecule has 6 heteroatoms. The van der Waals surface area contributed by atoms with Gasteiger partial charge in [0.05, 0.1) is 16.3 Å². The number of hydrogen-bond donors (Lipinski definition) is 2. The van der Waals surface area contributed by atoms with Gasteiger partial charge in [-0.1, -0.05) is 11.8 Å². The van der Waals surface area contributed by atoms with Crippen LogP contribution in [0.15, 0.2) is 24.3 Å². The Kier molecular flexibility index (Phi) is 4.68. The number of nitrogens with two attached hydrogens (primary N) is 1. The Hall–Kier alpha value is -2.23. The van der Waals surface area contributed by atoms with Crippen molar-refractivity contribution in [2.24, 2.45) is 5.73 Å². The van der Waals surface area contributed by atoms with Crippen LogP contribution in [0.2, 0.25) is 0 Å². The number of aryl methyl sites for hydroxylation is 1. The quantitative estimate of drug-likeness (QED) is 0.838. The van der Waals surface area contributed by atoms with Gasteiger partial charge in [-0.3, -0.25) is 4.79 Å². The maximum Gasteiger partial charge on any atom is 0.265 e. The summed E-state index contributed by atoms with van der Waals surface area (Å²) in [6.45, 7) is 2.07.